The zero-order valence-electron chi connectivity index (χ0n) is 8.80. The molecule has 3 aromatic rings. The van der Waals surface area contributed by atoms with E-state index >= 15 is 0 Å². The Morgan fingerprint density at radius 1 is 1.35 bits per heavy atom. The Morgan fingerprint density at radius 2 is 2.24 bits per heavy atom. The molecule has 3 aromatic heterocycles. The minimum Gasteiger partial charge on any atom is -0.506 e. The summed E-state index contributed by atoms with van der Waals surface area (Å²) in [6.45, 7) is 0. The van der Waals surface area contributed by atoms with E-state index in [2.05, 4.69) is 20.9 Å². The van der Waals surface area contributed by atoms with Gasteiger partial charge in [0, 0.05) is 6.20 Å². The van der Waals surface area contributed by atoms with Gasteiger partial charge in [0.2, 0.25) is 0 Å². The lowest BCUT2D eigenvalue weighted by Crippen LogP contribution is -1.94. The highest BCUT2D eigenvalue weighted by atomic mass is 79.9. The third kappa shape index (κ3) is 1.72. The van der Waals surface area contributed by atoms with Crippen molar-refractivity contribution >= 4 is 21.4 Å². The average molecular weight is 293 g/mol. The predicted molar refractivity (Wildman–Crippen MR) is 66.1 cm³/mol. The molecule has 0 aromatic carbocycles. The van der Waals surface area contributed by atoms with Gasteiger partial charge in [-0.15, -0.1) is 0 Å². The SMILES string of the molecule is Oc1cccn2c(Cc3ccco3)nc(Br)c12. The smallest absolute Gasteiger partial charge is 0.142 e. The van der Waals surface area contributed by atoms with Crippen molar-refractivity contribution in [3.8, 4) is 5.75 Å². The van der Waals surface area contributed by atoms with E-state index in [4.69, 9.17) is 4.42 Å². The van der Waals surface area contributed by atoms with Gasteiger partial charge in [-0.1, -0.05) is 0 Å². The molecule has 0 aliphatic rings. The summed E-state index contributed by atoms with van der Waals surface area (Å²) in [7, 11) is 0. The van der Waals surface area contributed by atoms with Gasteiger partial charge in [-0.3, -0.25) is 4.40 Å². The fourth-order valence-electron chi connectivity index (χ4n) is 1.83. The molecule has 0 saturated carbocycles. The van der Waals surface area contributed by atoms with E-state index in [1.807, 2.05) is 22.7 Å². The lowest BCUT2D eigenvalue weighted by atomic mass is 10.3. The summed E-state index contributed by atoms with van der Waals surface area (Å²) in [5.41, 5.74) is 0.675. The van der Waals surface area contributed by atoms with E-state index in [0.717, 1.165) is 11.6 Å². The topological polar surface area (TPSA) is 50.7 Å². The molecule has 17 heavy (non-hydrogen) atoms. The Morgan fingerprint density at radius 3 is 3.00 bits per heavy atom. The molecule has 86 valence electrons. The molecular weight excluding hydrogens is 284 g/mol. The number of hydrogen-bond acceptors (Lipinski definition) is 3. The minimum atomic E-state index is 0.206. The molecule has 0 aliphatic carbocycles. The van der Waals surface area contributed by atoms with Crippen LogP contribution >= 0.6 is 15.9 Å². The van der Waals surface area contributed by atoms with Crippen LogP contribution in [-0.2, 0) is 6.42 Å². The molecule has 4 nitrogen and oxygen atoms in total. The monoisotopic (exact) mass is 292 g/mol. The number of imidazole rings is 1. The first-order chi connectivity index (χ1) is 8.25. The molecule has 0 atom stereocenters. The van der Waals surface area contributed by atoms with Gasteiger partial charge in [0.15, 0.2) is 0 Å². The van der Waals surface area contributed by atoms with Crippen molar-refractivity contribution in [3.63, 3.8) is 0 Å². The molecule has 3 heterocycles. The third-order valence-electron chi connectivity index (χ3n) is 2.59. The van der Waals surface area contributed by atoms with Crippen molar-refractivity contribution in [2.45, 2.75) is 6.42 Å². The number of aromatic nitrogens is 2. The fourth-order valence-corrected chi connectivity index (χ4v) is 2.43. The highest BCUT2D eigenvalue weighted by molar-refractivity contribution is 9.10. The minimum absolute atomic E-state index is 0.206. The van der Waals surface area contributed by atoms with Crippen LogP contribution in [0.3, 0.4) is 0 Å². The fraction of sp³-hybridized carbons (Fsp3) is 0.0833. The van der Waals surface area contributed by atoms with Crippen molar-refractivity contribution < 1.29 is 9.52 Å². The Kier molecular flexibility index (Phi) is 2.40. The summed E-state index contributed by atoms with van der Waals surface area (Å²) in [4.78, 5) is 4.39. The van der Waals surface area contributed by atoms with Crippen LogP contribution in [0.1, 0.15) is 11.6 Å². The average Bonchev–Trinajstić information content (AvgIpc) is 2.90. The highest BCUT2D eigenvalue weighted by Crippen LogP contribution is 2.27. The normalized spacial score (nSPS) is 11.1. The summed E-state index contributed by atoms with van der Waals surface area (Å²) in [6.07, 6.45) is 4.09. The number of aromatic hydroxyl groups is 1. The van der Waals surface area contributed by atoms with E-state index in [9.17, 15) is 5.11 Å². The lowest BCUT2D eigenvalue weighted by molar-refractivity contribution is 0.478. The standard InChI is InChI=1S/C12H9BrN2O2/c13-12-11-9(16)4-1-5-15(11)10(14-12)7-8-3-2-6-17-8/h1-6,16H,7H2. The molecule has 0 aliphatic heterocycles. The van der Waals surface area contributed by atoms with Crippen molar-refractivity contribution in [2.24, 2.45) is 0 Å². The first-order valence-corrected chi connectivity index (χ1v) is 5.92. The predicted octanol–water partition coefficient (Wildman–Crippen LogP) is 2.99. The Hall–Kier alpha value is -1.75. The zero-order chi connectivity index (χ0) is 11.8. The maximum absolute atomic E-state index is 9.78. The number of rotatable bonds is 2. The van der Waals surface area contributed by atoms with Crippen LogP contribution in [0.2, 0.25) is 0 Å². The van der Waals surface area contributed by atoms with Gasteiger partial charge in [-0.05, 0) is 40.2 Å². The van der Waals surface area contributed by atoms with Gasteiger partial charge in [0.05, 0.1) is 12.7 Å². The van der Waals surface area contributed by atoms with Crippen molar-refractivity contribution in [1.29, 1.82) is 0 Å². The van der Waals surface area contributed by atoms with Gasteiger partial charge in [-0.2, -0.15) is 0 Å². The van der Waals surface area contributed by atoms with Crippen LogP contribution in [0.5, 0.6) is 5.75 Å². The maximum Gasteiger partial charge on any atom is 0.142 e. The third-order valence-corrected chi connectivity index (χ3v) is 3.14. The second-order valence-corrected chi connectivity index (χ2v) is 4.44. The molecule has 3 rings (SSSR count). The van der Waals surface area contributed by atoms with E-state index in [0.29, 0.717) is 16.5 Å². The van der Waals surface area contributed by atoms with Crippen LogP contribution in [0.15, 0.2) is 45.7 Å². The van der Waals surface area contributed by atoms with E-state index < -0.39 is 0 Å². The molecule has 0 bridgehead atoms. The van der Waals surface area contributed by atoms with Gasteiger partial charge < -0.3 is 9.52 Å². The van der Waals surface area contributed by atoms with Crippen molar-refractivity contribution in [3.05, 3.63) is 52.9 Å². The summed E-state index contributed by atoms with van der Waals surface area (Å²) in [5, 5.41) is 9.78. The molecule has 0 fully saturated rings. The number of nitrogens with zero attached hydrogens (tertiary/aromatic N) is 2. The van der Waals surface area contributed by atoms with E-state index in [1.165, 1.54) is 0 Å². The number of hydrogen-bond donors (Lipinski definition) is 1. The Bertz CT molecular complexity index is 659. The van der Waals surface area contributed by atoms with Gasteiger partial charge in [0.25, 0.3) is 0 Å². The molecule has 0 radical (unpaired) electrons. The molecule has 0 amide bonds. The van der Waals surface area contributed by atoms with Gasteiger partial charge in [0.1, 0.15) is 27.5 Å². The van der Waals surface area contributed by atoms with E-state index in [-0.39, 0.29) is 5.75 Å². The summed E-state index contributed by atoms with van der Waals surface area (Å²) < 4.78 is 7.78. The number of fused-ring (bicyclic) bond motifs is 1. The van der Waals surface area contributed by atoms with Crippen LogP contribution < -0.4 is 0 Å². The van der Waals surface area contributed by atoms with E-state index in [1.54, 1.807) is 18.4 Å². The summed E-state index contributed by atoms with van der Waals surface area (Å²) >= 11 is 3.35. The number of furan rings is 1. The van der Waals surface area contributed by atoms with Crippen molar-refractivity contribution in [2.75, 3.05) is 0 Å². The van der Waals surface area contributed by atoms with Gasteiger partial charge >= 0.3 is 0 Å². The Labute approximate surface area is 106 Å². The maximum atomic E-state index is 9.78. The summed E-state index contributed by atoms with van der Waals surface area (Å²) in [5.74, 6) is 1.86. The largest absolute Gasteiger partial charge is 0.506 e. The highest BCUT2D eigenvalue weighted by Gasteiger charge is 2.13. The molecule has 0 spiro atoms. The number of pyridine rings is 1. The van der Waals surface area contributed by atoms with Gasteiger partial charge in [-0.25, -0.2) is 4.98 Å². The van der Waals surface area contributed by atoms with Crippen molar-refractivity contribution in [1.82, 2.24) is 9.38 Å². The molecule has 1 N–H and O–H groups in total. The second-order valence-electron chi connectivity index (χ2n) is 3.69. The first kappa shape index (κ1) is 10.4. The molecular formula is C12H9BrN2O2. The molecule has 0 saturated heterocycles. The quantitative estimate of drug-likeness (QED) is 0.790. The van der Waals surface area contributed by atoms with Crippen LogP contribution in [-0.4, -0.2) is 14.5 Å². The molecule has 0 unspecified atom stereocenters. The Balaban J connectivity index is 2.15. The number of halogens is 1. The summed E-state index contributed by atoms with van der Waals surface area (Å²) in [6, 6.07) is 7.16. The van der Waals surface area contributed by atoms with Crippen LogP contribution in [0.25, 0.3) is 5.52 Å². The first-order valence-electron chi connectivity index (χ1n) is 5.12. The van der Waals surface area contributed by atoms with Crippen LogP contribution in [0, 0.1) is 0 Å². The second kappa shape index (κ2) is 3.92. The zero-order valence-corrected chi connectivity index (χ0v) is 10.4. The lowest BCUT2D eigenvalue weighted by Gasteiger charge is -2.00. The molecule has 5 heteroatoms. The van der Waals surface area contributed by atoms with Crippen LogP contribution in [0.4, 0.5) is 0 Å².